The Bertz CT molecular complexity index is 1400. The van der Waals surface area contributed by atoms with Crippen molar-refractivity contribution in [2.75, 3.05) is 6.54 Å². The maximum atomic E-state index is 13.6. The van der Waals surface area contributed by atoms with Crippen LogP contribution in [0, 0.1) is 19.8 Å². The number of aromatic nitrogens is 1. The zero-order valence-corrected chi connectivity index (χ0v) is 23.9. The first-order chi connectivity index (χ1) is 19.3. The lowest BCUT2D eigenvalue weighted by atomic mass is 9.99. The minimum absolute atomic E-state index is 0.197. The molecule has 0 bridgehead atoms. The molecule has 0 spiro atoms. The van der Waals surface area contributed by atoms with Crippen LogP contribution in [0.2, 0.25) is 0 Å². The zero-order chi connectivity index (χ0) is 30.1. The van der Waals surface area contributed by atoms with Crippen molar-refractivity contribution in [1.29, 1.82) is 0 Å². The van der Waals surface area contributed by atoms with Gasteiger partial charge in [-0.15, -0.1) is 11.3 Å². The Hall–Kier alpha value is -3.45. The molecule has 0 saturated carbocycles. The van der Waals surface area contributed by atoms with E-state index in [2.05, 4.69) is 15.8 Å². The lowest BCUT2D eigenvalue weighted by Crippen LogP contribution is -2.58. The molecule has 0 radical (unpaired) electrons. The summed E-state index contributed by atoms with van der Waals surface area (Å²) in [6, 6.07) is 3.48. The molecule has 1 aliphatic rings. The number of benzene rings is 1. The van der Waals surface area contributed by atoms with Crippen LogP contribution >= 0.6 is 11.3 Å². The first-order valence-corrected chi connectivity index (χ1v) is 14.2. The molecule has 3 aromatic rings. The molecule has 222 valence electrons. The highest BCUT2D eigenvalue weighted by Crippen LogP contribution is 2.30. The molecule has 2 aromatic heterocycles. The number of nitrogens with zero attached hydrogens (tertiary/aromatic N) is 2. The van der Waals surface area contributed by atoms with E-state index in [0.717, 1.165) is 10.1 Å². The number of rotatable bonds is 9. The minimum atomic E-state index is -4.97. The van der Waals surface area contributed by atoms with Gasteiger partial charge in [0.2, 0.25) is 11.8 Å². The molecule has 13 heteroatoms. The summed E-state index contributed by atoms with van der Waals surface area (Å²) in [6.45, 7) is 6.85. The number of nitrogens with one attached hydrogen (secondary N) is 2. The Morgan fingerprint density at radius 1 is 1.20 bits per heavy atom. The van der Waals surface area contributed by atoms with Gasteiger partial charge >= 0.3 is 6.18 Å². The predicted molar refractivity (Wildman–Crippen MR) is 146 cm³/mol. The molecular weight excluding hydrogens is 561 g/mol. The fourth-order valence-corrected chi connectivity index (χ4v) is 6.17. The van der Waals surface area contributed by atoms with Crippen LogP contribution in [0.1, 0.15) is 54.1 Å². The second-order valence-corrected chi connectivity index (χ2v) is 11.6. The number of thiophene rings is 1. The lowest BCUT2D eigenvalue weighted by Gasteiger charge is -2.32. The topological polar surface area (TPSA) is 125 Å². The number of aryl methyl sites for hydroxylation is 2. The number of carbonyl (C=O) groups excluding carboxylic acids is 3. The monoisotopic (exact) mass is 594 g/mol. The Morgan fingerprint density at radius 2 is 1.90 bits per heavy atom. The normalized spacial score (nSPS) is 18.0. The third kappa shape index (κ3) is 6.56. The number of likely N-dealkylation sites (tertiary alicyclic amines) is 1. The van der Waals surface area contributed by atoms with Crippen molar-refractivity contribution in [3.05, 3.63) is 52.2 Å². The molecule has 1 aromatic carbocycles. The van der Waals surface area contributed by atoms with Crippen molar-refractivity contribution in [1.82, 2.24) is 20.7 Å². The van der Waals surface area contributed by atoms with Gasteiger partial charge in [0.25, 0.3) is 5.91 Å². The van der Waals surface area contributed by atoms with Crippen LogP contribution in [0.5, 0.6) is 0 Å². The maximum Gasteiger partial charge on any atom is 0.416 e. The molecule has 0 aliphatic carbocycles. The highest BCUT2D eigenvalue weighted by molar-refractivity contribution is 7.17. The van der Waals surface area contributed by atoms with Gasteiger partial charge in [-0.3, -0.25) is 14.4 Å². The Kier molecular flexibility index (Phi) is 9.07. The molecule has 1 fully saturated rings. The molecular formula is C28H33F3N4O5S. The summed E-state index contributed by atoms with van der Waals surface area (Å²) in [5.74, 6) is -1.92. The van der Waals surface area contributed by atoms with E-state index in [4.69, 9.17) is 4.52 Å². The van der Waals surface area contributed by atoms with E-state index in [-0.39, 0.29) is 30.9 Å². The van der Waals surface area contributed by atoms with Gasteiger partial charge < -0.3 is 25.2 Å². The number of aliphatic hydroxyl groups is 1. The summed E-state index contributed by atoms with van der Waals surface area (Å²) >= 11 is 1.36. The largest absolute Gasteiger partial charge is 0.416 e. The van der Waals surface area contributed by atoms with Crippen molar-refractivity contribution < 1.29 is 37.2 Å². The van der Waals surface area contributed by atoms with Gasteiger partial charge in [-0.25, -0.2) is 0 Å². The average Bonchev–Trinajstić information content (AvgIpc) is 3.64. The lowest BCUT2D eigenvalue weighted by molar-refractivity contribution is -0.212. The van der Waals surface area contributed by atoms with Crippen molar-refractivity contribution in [3.63, 3.8) is 0 Å². The fraction of sp³-hybridized carbons (Fsp3) is 0.500. The van der Waals surface area contributed by atoms with Crippen LogP contribution in [-0.2, 0) is 16.0 Å². The standard InChI is InChI=1S/C28H33F3N4O5S/c1-14(2)23(33-26(38)22-15(3)34-40-16(22)4)27(39)35-11-7-9-20(35)25(37)32-19(24(36)28(29,30)31)12-17-13-41-21-10-6-5-8-18(17)21/h5-6,8,10,13-14,19-20,23-24,36H,7,9,11-12H2,1-4H3,(H,32,37)(H,33,38). The van der Waals surface area contributed by atoms with E-state index in [1.807, 2.05) is 12.1 Å². The summed E-state index contributed by atoms with van der Waals surface area (Å²) in [5.41, 5.74) is 1.14. The van der Waals surface area contributed by atoms with Crippen LogP contribution in [0.3, 0.4) is 0 Å². The Labute approximate surface area is 239 Å². The smallest absolute Gasteiger partial charge is 0.382 e. The summed E-state index contributed by atoms with van der Waals surface area (Å²) in [6.07, 6.45) is -7.35. The Balaban J connectivity index is 1.53. The van der Waals surface area contributed by atoms with Crippen LogP contribution in [-0.4, -0.2) is 69.8 Å². The van der Waals surface area contributed by atoms with E-state index in [1.165, 1.54) is 16.2 Å². The van der Waals surface area contributed by atoms with Gasteiger partial charge in [0.15, 0.2) is 6.10 Å². The summed E-state index contributed by atoms with van der Waals surface area (Å²) < 4.78 is 46.9. The second-order valence-electron chi connectivity index (χ2n) is 10.6. The quantitative estimate of drug-likeness (QED) is 0.345. The molecule has 41 heavy (non-hydrogen) atoms. The van der Waals surface area contributed by atoms with Crippen LogP contribution in [0.15, 0.2) is 34.2 Å². The van der Waals surface area contributed by atoms with E-state index in [9.17, 15) is 32.7 Å². The third-order valence-electron chi connectivity index (χ3n) is 7.36. The number of carbonyl (C=O) groups is 3. The molecule has 3 heterocycles. The number of hydrogen-bond donors (Lipinski definition) is 3. The number of aliphatic hydroxyl groups excluding tert-OH is 1. The molecule has 3 N–H and O–H groups in total. The van der Waals surface area contributed by atoms with Gasteiger partial charge in [0.1, 0.15) is 23.4 Å². The summed E-state index contributed by atoms with van der Waals surface area (Å²) in [7, 11) is 0. The number of hydrogen-bond acceptors (Lipinski definition) is 7. The van der Waals surface area contributed by atoms with Gasteiger partial charge in [0.05, 0.1) is 11.7 Å². The minimum Gasteiger partial charge on any atom is -0.382 e. The zero-order valence-electron chi connectivity index (χ0n) is 23.1. The molecule has 4 unspecified atom stereocenters. The van der Waals surface area contributed by atoms with E-state index >= 15 is 0 Å². The number of fused-ring (bicyclic) bond motifs is 1. The van der Waals surface area contributed by atoms with E-state index in [0.29, 0.717) is 23.4 Å². The average molecular weight is 595 g/mol. The van der Waals surface area contributed by atoms with Crippen LogP contribution in [0.4, 0.5) is 13.2 Å². The summed E-state index contributed by atoms with van der Waals surface area (Å²) in [5, 5.41) is 21.5. The van der Waals surface area contributed by atoms with Crippen molar-refractivity contribution in [2.24, 2.45) is 5.92 Å². The second kappa shape index (κ2) is 12.2. The fourth-order valence-electron chi connectivity index (χ4n) is 5.19. The number of amides is 3. The highest BCUT2D eigenvalue weighted by Gasteiger charge is 2.46. The molecule has 3 amide bonds. The van der Waals surface area contributed by atoms with Gasteiger partial charge in [-0.05, 0) is 61.4 Å². The van der Waals surface area contributed by atoms with E-state index in [1.54, 1.807) is 45.2 Å². The third-order valence-corrected chi connectivity index (χ3v) is 8.38. The molecule has 4 atom stereocenters. The van der Waals surface area contributed by atoms with Gasteiger partial charge in [-0.1, -0.05) is 37.2 Å². The van der Waals surface area contributed by atoms with Crippen molar-refractivity contribution >= 4 is 39.1 Å². The maximum absolute atomic E-state index is 13.6. The van der Waals surface area contributed by atoms with Gasteiger partial charge in [-0.2, -0.15) is 13.2 Å². The molecule has 9 nitrogen and oxygen atoms in total. The van der Waals surface area contributed by atoms with Gasteiger partial charge in [0, 0.05) is 11.2 Å². The SMILES string of the molecule is Cc1noc(C)c1C(=O)NC(C(=O)N1CCCC1C(=O)NC(Cc1csc2ccccc12)C(O)C(F)(F)F)C(C)C. The van der Waals surface area contributed by atoms with E-state index < -0.39 is 48.1 Å². The molecule has 4 rings (SSSR count). The Morgan fingerprint density at radius 3 is 2.54 bits per heavy atom. The first kappa shape index (κ1) is 30.5. The van der Waals surface area contributed by atoms with Crippen LogP contribution in [0.25, 0.3) is 10.1 Å². The van der Waals surface area contributed by atoms with Crippen molar-refractivity contribution in [2.45, 2.75) is 77.4 Å². The van der Waals surface area contributed by atoms with Crippen molar-refractivity contribution in [3.8, 4) is 0 Å². The van der Waals surface area contributed by atoms with Crippen LogP contribution < -0.4 is 10.6 Å². The number of alkyl halides is 3. The summed E-state index contributed by atoms with van der Waals surface area (Å²) in [4.78, 5) is 41.3. The molecule has 1 saturated heterocycles. The number of halogens is 3. The predicted octanol–water partition coefficient (Wildman–Crippen LogP) is 3.90. The highest BCUT2D eigenvalue weighted by atomic mass is 32.1. The molecule has 1 aliphatic heterocycles. The first-order valence-electron chi connectivity index (χ1n) is 13.3.